The SMILES string of the molecule is CNCC1OCCc2c1sc1ccc(Cl)c(Cl)c21. The second-order valence-corrected chi connectivity index (χ2v) is 6.22. The van der Waals surface area contributed by atoms with Crippen LogP contribution in [0.3, 0.4) is 0 Å². The van der Waals surface area contributed by atoms with Crippen LogP contribution in [0, 0.1) is 0 Å². The molecular formula is C13H13Cl2NOS. The van der Waals surface area contributed by atoms with Gasteiger partial charge in [0.1, 0.15) is 6.10 Å². The number of rotatable bonds is 2. The molecular weight excluding hydrogens is 289 g/mol. The third-order valence-corrected chi connectivity index (χ3v) is 5.32. The summed E-state index contributed by atoms with van der Waals surface area (Å²) in [4.78, 5) is 1.29. The van der Waals surface area contributed by atoms with Crippen molar-refractivity contribution in [3.8, 4) is 0 Å². The van der Waals surface area contributed by atoms with Crippen LogP contribution < -0.4 is 5.32 Å². The third-order valence-electron chi connectivity index (χ3n) is 3.23. The minimum Gasteiger partial charge on any atom is -0.371 e. The first-order valence-electron chi connectivity index (χ1n) is 5.88. The first-order valence-corrected chi connectivity index (χ1v) is 7.45. The van der Waals surface area contributed by atoms with E-state index in [1.165, 1.54) is 15.1 Å². The van der Waals surface area contributed by atoms with Gasteiger partial charge in [-0.15, -0.1) is 11.3 Å². The maximum absolute atomic E-state index is 6.35. The van der Waals surface area contributed by atoms with E-state index in [1.807, 2.05) is 19.2 Å². The molecule has 1 aromatic heterocycles. The number of fused-ring (bicyclic) bond motifs is 3. The predicted molar refractivity (Wildman–Crippen MR) is 78.2 cm³/mol. The van der Waals surface area contributed by atoms with Crippen molar-refractivity contribution >= 4 is 44.6 Å². The summed E-state index contributed by atoms with van der Waals surface area (Å²) < 4.78 is 7.01. The van der Waals surface area contributed by atoms with E-state index >= 15 is 0 Å². The van der Waals surface area contributed by atoms with Crippen LogP contribution in [-0.2, 0) is 11.2 Å². The Morgan fingerprint density at radius 3 is 3.06 bits per heavy atom. The van der Waals surface area contributed by atoms with Gasteiger partial charge in [-0.05, 0) is 31.2 Å². The molecule has 0 saturated carbocycles. The minimum absolute atomic E-state index is 0.131. The molecule has 0 amide bonds. The van der Waals surface area contributed by atoms with Crippen LogP contribution in [0.5, 0.6) is 0 Å². The molecule has 3 rings (SSSR count). The normalized spacial score (nSPS) is 19.2. The molecule has 1 unspecified atom stereocenters. The Bertz CT molecular complexity index is 596. The number of thiophene rings is 1. The van der Waals surface area contributed by atoms with Crippen molar-refractivity contribution in [3.05, 3.63) is 32.6 Å². The summed E-state index contributed by atoms with van der Waals surface area (Å²) in [6, 6.07) is 3.91. The number of ether oxygens (including phenoxy) is 1. The van der Waals surface area contributed by atoms with Gasteiger partial charge in [0.25, 0.3) is 0 Å². The van der Waals surface area contributed by atoms with Crippen molar-refractivity contribution < 1.29 is 4.74 Å². The summed E-state index contributed by atoms with van der Waals surface area (Å²) in [6.07, 6.45) is 1.04. The van der Waals surface area contributed by atoms with Gasteiger partial charge in [0.05, 0.1) is 16.7 Å². The molecule has 0 radical (unpaired) electrons. The van der Waals surface area contributed by atoms with Gasteiger partial charge in [0, 0.05) is 21.5 Å². The maximum atomic E-state index is 6.35. The zero-order valence-corrected chi connectivity index (χ0v) is 12.3. The fraction of sp³-hybridized carbons (Fsp3) is 0.385. The molecule has 18 heavy (non-hydrogen) atoms. The van der Waals surface area contributed by atoms with Gasteiger partial charge in [-0.2, -0.15) is 0 Å². The van der Waals surface area contributed by atoms with Crippen molar-refractivity contribution in [1.82, 2.24) is 5.32 Å². The summed E-state index contributed by atoms with van der Waals surface area (Å²) in [7, 11) is 1.94. The standard InChI is InChI=1S/C13H13Cl2NOS/c1-16-6-9-13-7(4-5-17-9)11-10(18-13)3-2-8(14)12(11)15/h2-3,9,16H,4-6H2,1H3. The molecule has 0 spiro atoms. The molecule has 0 bridgehead atoms. The number of likely N-dealkylation sites (N-methyl/N-ethyl adjacent to an activating group) is 1. The number of nitrogens with one attached hydrogen (secondary N) is 1. The van der Waals surface area contributed by atoms with E-state index in [2.05, 4.69) is 5.32 Å². The minimum atomic E-state index is 0.131. The topological polar surface area (TPSA) is 21.3 Å². The summed E-state index contributed by atoms with van der Waals surface area (Å²) in [5, 5.41) is 5.59. The van der Waals surface area contributed by atoms with Crippen molar-refractivity contribution in [2.45, 2.75) is 12.5 Å². The molecule has 2 heterocycles. The average Bonchev–Trinajstić information content (AvgIpc) is 2.75. The lowest BCUT2D eigenvalue weighted by Gasteiger charge is -2.23. The van der Waals surface area contributed by atoms with Crippen LogP contribution >= 0.6 is 34.5 Å². The maximum Gasteiger partial charge on any atom is 0.104 e. The van der Waals surface area contributed by atoms with Gasteiger partial charge in [-0.3, -0.25) is 0 Å². The van der Waals surface area contributed by atoms with Gasteiger partial charge in [-0.25, -0.2) is 0 Å². The van der Waals surface area contributed by atoms with Crippen LogP contribution in [-0.4, -0.2) is 20.2 Å². The highest BCUT2D eigenvalue weighted by atomic mass is 35.5. The number of halogens is 2. The van der Waals surface area contributed by atoms with Gasteiger partial charge in [0.2, 0.25) is 0 Å². The third kappa shape index (κ3) is 1.95. The lowest BCUT2D eigenvalue weighted by molar-refractivity contribution is 0.0472. The van der Waals surface area contributed by atoms with Crippen LogP contribution in [0.2, 0.25) is 10.0 Å². The molecule has 2 aromatic rings. The fourth-order valence-electron chi connectivity index (χ4n) is 2.43. The molecule has 1 N–H and O–H groups in total. The number of benzene rings is 1. The van der Waals surface area contributed by atoms with Crippen molar-refractivity contribution in [2.24, 2.45) is 0 Å². The summed E-state index contributed by atoms with van der Waals surface area (Å²) in [6.45, 7) is 1.57. The highest BCUT2D eigenvalue weighted by Crippen LogP contribution is 2.44. The Balaban J connectivity index is 2.21. The molecule has 0 aliphatic carbocycles. The van der Waals surface area contributed by atoms with E-state index in [0.717, 1.165) is 25.0 Å². The Morgan fingerprint density at radius 1 is 1.44 bits per heavy atom. The number of hydrogen-bond donors (Lipinski definition) is 1. The first kappa shape index (κ1) is 12.7. The lowest BCUT2D eigenvalue weighted by Crippen LogP contribution is -2.23. The van der Waals surface area contributed by atoms with Crippen molar-refractivity contribution in [1.29, 1.82) is 0 Å². The molecule has 1 atom stereocenters. The first-order chi connectivity index (χ1) is 8.72. The highest BCUT2D eigenvalue weighted by molar-refractivity contribution is 7.19. The predicted octanol–water partition coefficient (Wildman–Crippen LogP) is 4.04. The van der Waals surface area contributed by atoms with Crippen molar-refractivity contribution in [2.75, 3.05) is 20.2 Å². The van der Waals surface area contributed by atoms with E-state index < -0.39 is 0 Å². The van der Waals surface area contributed by atoms with E-state index in [9.17, 15) is 0 Å². The molecule has 0 fully saturated rings. The van der Waals surface area contributed by atoms with Crippen molar-refractivity contribution in [3.63, 3.8) is 0 Å². The fourth-order valence-corrected chi connectivity index (χ4v) is 4.23. The Kier molecular flexibility index (Phi) is 3.52. The smallest absolute Gasteiger partial charge is 0.104 e. The summed E-state index contributed by atoms with van der Waals surface area (Å²) in [5.74, 6) is 0. The zero-order valence-electron chi connectivity index (χ0n) is 9.93. The van der Waals surface area contributed by atoms with Crippen LogP contribution in [0.1, 0.15) is 16.5 Å². The molecule has 0 saturated heterocycles. The monoisotopic (exact) mass is 301 g/mol. The summed E-state index contributed by atoms with van der Waals surface area (Å²) in [5.41, 5.74) is 1.31. The Labute approximate surface area is 120 Å². The molecule has 5 heteroatoms. The second-order valence-electron chi connectivity index (χ2n) is 4.35. The second kappa shape index (κ2) is 4.99. The Morgan fingerprint density at radius 2 is 2.28 bits per heavy atom. The molecule has 1 aromatic carbocycles. The van der Waals surface area contributed by atoms with E-state index in [0.29, 0.717) is 10.0 Å². The van der Waals surface area contributed by atoms with E-state index in [1.54, 1.807) is 11.3 Å². The van der Waals surface area contributed by atoms with E-state index in [-0.39, 0.29) is 6.10 Å². The number of hydrogen-bond acceptors (Lipinski definition) is 3. The van der Waals surface area contributed by atoms with Gasteiger partial charge < -0.3 is 10.1 Å². The Hall–Kier alpha value is -0.320. The van der Waals surface area contributed by atoms with Crippen LogP contribution in [0.25, 0.3) is 10.1 Å². The molecule has 1 aliphatic heterocycles. The molecule has 2 nitrogen and oxygen atoms in total. The molecule has 1 aliphatic rings. The summed E-state index contributed by atoms with van der Waals surface area (Å²) >= 11 is 14.2. The van der Waals surface area contributed by atoms with E-state index in [4.69, 9.17) is 27.9 Å². The average molecular weight is 302 g/mol. The van der Waals surface area contributed by atoms with Gasteiger partial charge in [0.15, 0.2) is 0 Å². The molecule has 96 valence electrons. The lowest BCUT2D eigenvalue weighted by atomic mass is 10.0. The quantitative estimate of drug-likeness (QED) is 0.904. The van der Waals surface area contributed by atoms with Gasteiger partial charge in [-0.1, -0.05) is 23.2 Å². The van der Waals surface area contributed by atoms with Crippen LogP contribution in [0.15, 0.2) is 12.1 Å². The highest BCUT2D eigenvalue weighted by Gasteiger charge is 2.26. The largest absolute Gasteiger partial charge is 0.371 e. The van der Waals surface area contributed by atoms with Gasteiger partial charge >= 0.3 is 0 Å². The van der Waals surface area contributed by atoms with Crippen LogP contribution in [0.4, 0.5) is 0 Å². The zero-order chi connectivity index (χ0) is 12.7.